The summed E-state index contributed by atoms with van der Waals surface area (Å²) in [5.41, 5.74) is -0.0988. The van der Waals surface area contributed by atoms with Crippen molar-refractivity contribution in [1.82, 2.24) is 5.32 Å². The van der Waals surface area contributed by atoms with Crippen LogP contribution >= 0.6 is 0 Å². The second-order valence-corrected chi connectivity index (χ2v) is 6.47. The molecular weight excluding hydrogens is 350 g/mol. The van der Waals surface area contributed by atoms with E-state index < -0.39 is 20.9 Å². The monoisotopic (exact) mass is 365 g/mol. The quantitative estimate of drug-likeness (QED) is 0.593. The van der Waals surface area contributed by atoms with E-state index in [9.17, 15) is 23.3 Å². The van der Waals surface area contributed by atoms with Crippen LogP contribution in [-0.2, 0) is 10.0 Å². The SMILES string of the molecule is CNC(=O)c1ccccc1NS(=O)(=O)c1ccc([N+](=O)[O-])cc1OC. The zero-order valence-electron chi connectivity index (χ0n) is 13.3. The van der Waals surface area contributed by atoms with Crippen LogP contribution in [-0.4, -0.2) is 33.4 Å². The van der Waals surface area contributed by atoms with Gasteiger partial charge in [-0.1, -0.05) is 12.1 Å². The van der Waals surface area contributed by atoms with Crippen molar-refractivity contribution in [3.05, 3.63) is 58.1 Å². The third-order valence-electron chi connectivity index (χ3n) is 3.29. The highest BCUT2D eigenvalue weighted by atomic mass is 32.2. The molecule has 10 heteroatoms. The van der Waals surface area contributed by atoms with Crippen molar-refractivity contribution < 1.29 is 22.9 Å². The molecule has 0 fully saturated rings. The smallest absolute Gasteiger partial charge is 0.273 e. The van der Waals surface area contributed by atoms with Gasteiger partial charge in [-0.15, -0.1) is 0 Å². The molecule has 0 saturated heterocycles. The van der Waals surface area contributed by atoms with Gasteiger partial charge in [-0.2, -0.15) is 0 Å². The summed E-state index contributed by atoms with van der Waals surface area (Å²) in [4.78, 5) is 21.7. The van der Waals surface area contributed by atoms with Crippen molar-refractivity contribution in [2.45, 2.75) is 4.90 Å². The van der Waals surface area contributed by atoms with Crippen LogP contribution in [0.2, 0.25) is 0 Å². The van der Waals surface area contributed by atoms with Gasteiger partial charge in [0.2, 0.25) is 0 Å². The maximum atomic E-state index is 12.6. The molecule has 0 aliphatic carbocycles. The Morgan fingerprint density at radius 1 is 1.20 bits per heavy atom. The topological polar surface area (TPSA) is 128 Å². The Bertz CT molecular complexity index is 927. The lowest BCUT2D eigenvalue weighted by molar-refractivity contribution is -0.385. The number of carbonyl (C=O) groups excluding carboxylic acids is 1. The highest BCUT2D eigenvalue weighted by molar-refractivity contribution is 7.92. The summed E-state index contributed by atoms with van der Waals surface area (Å²) in [5, 5.41) is 13.2. The van der Waals surface area contributed by atoms with Gasteiger partial charge in [0.25, 0.3) is 21.6 Å². The summed E-state index contributed by atoms with van der Waals surface area (Å²) in [6.45, 7) is 0. The number of ether oxygens (including phenoxy) is 1. The predicted molar refractivity (Wildman–Crippen MR) is 90.3 cm³/mol. The minimum atomic E-state index is -4.14. The lowest BCUT2D eigenvalue weighted by Crippen LogP contribution is -2.21. The average Bonchev–Trinajstić information content (AvgIpc) is 2.60. The zero-order valence-corrected chi connectivity index (χ0v) is 14.2. The van der Waals surface area contributed by atoms with E-state index in [-0.39, 0.29) is 27.6 Å². The molecule has 0 spiro atoms. The number of hydrogen-bond acceptors (Lipinski definition) is 6. The number of methoxy groups -OCH3 is 1. The molecule has 0 heterocycles. The lowest BCUT2D eigenvalue weighted by Gasteiger charge is -2.13. The summed E-state index contributed by atoms with van der Waals surface area (Å²) in [6.07, 6.45) is 0. The van der Waals surface area contributed by atoms with E-state index in [0.29, 0.717) is 0 Å². The second-order valence-electron chi connectivity index (χ2n) is 4.82. The molecule has 2 rings (SSSR count). The first-order valence-electron chi connectivity index (χ1n) is 6.96. The van der Waals surface area contributed by atoms with Crippen LogP contribution < -0.4 is 14.8 Å². The molecular formula is C15H15N3O6S. The molecule has 2 N–H and O–H groups in total. The number of anilines is 1. The van der Waals surface area contributed by atoms with Crippen molar-refractivity contribution in [1.29, 1.82) is 0 Å². The zero-order chi connectivity index (χ0) is 18.6. The normalized spacial score (nSPS) is 10.8. The predicted octanol–water partition coefficient (Wildman–Crippen LogP) is 1.76. The molecule has 0 saturated carbocycles. The number of sulfonamides is 1. The number of amides is 1. The number of rotatable bonds is 6. The highest BCUT2D eigenvalue weighted by Gasteiger charge is 2.24. The van der Waals surface area contributed by atoms with Gasteiger partial charge in [-0.05, 0) is 18.2 Å². The van der Waals surface area contributed by atoms with Gasteiger partial charge in [0.15, 0.2) is 0 Å². The standard InChI is InChI=1S/C15H15N3O6S/c1-16-15(19)11-5-3-4-6-12(11)17-25(22,23)14-8-7-10(18(20)21)9-13(14)24-2/h3-9,17H,1-2H3,(H,16,19). The Labute approximate surface area is 143 Å². The minimum Gasteiger partial charge on any atom is -0.495 e. The maximum Gasteiger partial charge on any atom is 0.273 e. The van der Waals surface area contributed by atoms with Crippen LogP contribution in [0.15, 0.2) is 47.4 Å². The summed E-state index contributed by atoms with van der Waals surface area (Å²) in [6, 6.07) is 9.19. The van der Waals surface area contributed by atoms with E-state index in [2.05, 4.69) is 10.0 Å². The van der Waals surface area contributed by atoms with Crippen LogP contribution in [0.5, 0.6) is 5.75 Å². The fraction of sp³-hybridized carbons (Fsp3) is 0.133. The molecule has 9 nitrogen and oxygen atoms in total. The molecule has 25 heavy (non-hydrogen) atoms. The fourth-order valence-electron chi connectivity index (χ4n) is 2.10. The molecule has 0 radical (unpaired) electrons. The number of benzene rings is 2. The number of hydrogen-bond donors (Lipinski definition) is 2. The molecule has 2 aromatic rings. The van der Waals surface area contributed by atoms with Crippen LogP contribution in [0.3, 0.4) is 0 Å². The van der Waals surface area contributed by atoms with Gasteiger partial charge in [-0.25, -0.2) is 8.42 Å². The second kappa shape index (κ2) is 7.18. The number of nitro groups is 1. The van der Waals surface area contributed by atoms with Crippen molar-refractivity contribution in [2.24, 2.45) is 0 Å². The molecule has 1 amide bonds. The van der Waals surface area contributed by atoms with Crippen molar-refractivity contribution >= 4 is 27.3 Å². The van der Waals surface area contributed by atoms with Crippen LogP contribution in [0.1, 0.15) is 10.4 Å². The minimum absolute atomic E-state index is 0.0715. The summed E-state index contributed by atoms with van der Waals surface area (Å²) < 4.78 is 32.5. The van der Waals surface area contributed by atoms with Gasteiger partial charge in [0.05, 0.1) is 29.4 Å². The van der Waals surface area contributed by atoms with Gasteiger partial charge in [0.1, 0.15) is 10.6 Å². The first-order valence-corrected chi connectivity index (χ1v) is 8.45. The summed E-state index contributed by atoms with van der Waals surface area (Å²) in [5.74, 6) is -0.645. The Morgan fingerprint density at radius 3 is 2.48 bits per heavy atom. The molecule has 0 aliphatic heterocycles. The number of nitrogens with one attached hydrogen (secondary N) is 2. The van der Waals surface area contributed by atoms with Crippen LogP contribution in [0, 0.1) is 10.1 Å². The Hall–Kier alpha value is -3.14. The van der Waals surface area contributed by atoms with E-state index >= 15 is 0 Å². The largest absolute Gasteiger partial charge is 0.495 e. The number of non-ortho nitro benzene ring substituents is 1. The summed E-state index contributed by atoms with van der Waals surface area (Å²) in [7, 11) is -1.51. The molecule has 0 bridgehead atoms. The van der Waals surface area contributed by atoms with Crippen LogP contribution in [0.25, 0.3) is 0 Å². The third kappa shape index (κ3) is 3.86. The van der Waals surface area contributed by atoms with Gasteiger partial charge in [0, 0.05) is 13.1 Å². The van der Waals surface area contributed by atoms with Gasteiger partial charge < -0.3 is 10.1 Å². The molecule has 2 aromatic carbocycles. The molecule has 0 aliphatic rings. The Kier molecular flexibility index (Phi) is 5.22. The van der Waals surface area contributed by atoms with E-state index in [1.807, 2.05) is 0 Å². The van der Waals surface area contributed by atoms with Crippen molar-refractivity contribution in [3.63, 3.8) is 0 Å². The lowest BCUT2D eigenvalue weighted by atomic mass is 10.2. The van der Waals surface area contributed by atoms with Crippen LogP contribution in [0.4, 0.5) is 11.4 Å². The fourth-order valence-corrected chi connectivity index (χ4v) is 3.33. The Morgan fingerprint density at radius 2 is 1.88 bits per heavy atom. The third-order valence-corrected chi connectivity index (χ3v) is 4.70. The number of carbonyl (C=O) groups is 1. The average molecular weight is 365 g/mol. The van der Waals surface area contributed by atoms with E-state index in [4.69, 9.17) is 4.74 Å². The number of para-hydroxylation sites is 1. The molecule has 0 unspecified atom stereocenters. The number of nitrogens with zero attached hydrogens (tertiary/aromatic N) is 1. The van der Waals surface area contributed by atoms with E-state index in [1.54, 1.807) is 12.1 Å². The molecule has 132 valence electrons. The maximum absolute atomic E-state index is 12.6. The molecule has 0 aromatic heterocycles. The first kappa shape index (κ1) is 18.2. The summed E-state index contributed by atoms with van der Waals surface area (Å²) >= 11 is 0. The number of nitro benzene ring substituents is 1. The van der Waals surface area contributed by atoms with Gasteiger partial charge >= 0.3 is 0 Å². The highest BCUT2D eigenvalue weighted by Crippen LogP contribution is 2.30. The van der Waals surface area contributed by atoms with E-state index in [0.717, 1.165) is 18.2 Å². The first-order chi connectivity index (χ1) is 11.8. The van der Waals surface area contributed by atoms with Crippen molar-refractivity contribution in [2.75, 3.05) is 18.9 Å². The Balaban J connectivity index is 2.48. The van der Waals surface area contributed by atoms with Gasteiger partial charge in [-0.3, -0.25) is 19.6 Å². The van der Waals surface area contributed by atoms with E-state index in [1.165, 1.54) is 26.3 Å². The molecule has 0 atom stereocenters. The van der Waals surface area contributed by atoms with Crippen molar-refractivity contribution in [3.8, 4) is 5.75 Å².